The number of alkyl halides is 5. The Morgan fingerprint density at radius 1 is 1.05 bits per heavy atom. The number of amides is 1. The van der Waals surface area contributed by atoms with Gasteiger partial charge in [-0.2, -0.15) is 22.0 Å². The first-order valence-electron chi connectivity index (χ1n) is 5.61. The molecule has 0 aliphatic rings. The molecule has 2 N–H and O–H groups in total. The summed E-state index contributed by atoms with van der Waals surface area (Å²) in [6.45, 7) is -0.434. The number of benzene rings is 1. The van der Waals surface area contributed by atoms with E-state index in [-0.39, 0.29) is 12.0 Å². The van der Waals surface area contributed by atoms with Gasteiger partial charge in [0, 0.05) is 6.54 Å². The molecule has 0 heterocycles. The minimum Gasteiger partial charge on any atom is -0.478 e. The molecule has 0 aromatic heterocycles. The highest BCUT2D eigenvalue weighted by Crippen LogP contribution is 2.35. The fourth-order valence-electron chi connectivity index (χ4n) is 1.37. The largest absolute Gasteiger partial charge is 0.478 e. The van der Waals surface area contributed by atoms with Crippen molar-refractivity contribution in [1.29, 1.82) is 0 Å². The van der Waals surface area contributed by atoms with Gasteiger partial charge in [0.25, 0.3) is 5.91 Å². The van der Waals surface area contributed by atoms with Crippen LogP contribution in [0.4, 0.5) is 22.0 Å². The zero-order chi connectivity index (χ0) is 16.3. The first-order valence-corrected chi connectivity index (χ1v) is 5.61. The van der Waals surface area contributed by atoms with E-state index in [0.717, 1.165) is 0 Å². The van der Waals surface area contributed by atoms with Crippen LogP contribution < -0.4 is 5.32 Å². The molecule has 9 heteroatoms. The second-order valence-corrected chi connectivity index (χ2v) is 4.08. The van der Waals surface area contributed by atoms with Gasteiger partial charge in [-0.05, 0) is 24.1 Å². The first-order chi connectivity index (χ1) is 9.55. The minimum absolute atomic E-state index is 0.00592. The molecule has 0 spiro atoms. The molecule has 0 radical (unpaired) electrons. The van der Waals surface area contributed by atoms with Crippen LogP contribution in [0.25, 0.3) is 0 Å². The molecule has 0 bridgehead atoms. The van der Waals surface area contributed by atoms with Gasteiger partial charge < -0.3 is 10.4 Å². The Labute approximate surface area is 115 Å². The van der Waals surface area contributed by atoms with E-state index in [1.165, 1.54) is 29.6 Å². The number of halogens is 5. The summed E-state index contributed by atoms with van der Waals surface area (Å²) in [5, 5.41) is 10.1. The van der Waals surface area contributed by atoms with Gasteiger partial charge in [-0.15, -0.1) is 0 Å². The van der Waals surface area contributed by atoms with E-state index in [1.54, 1.807) is 0 Å². The number of nitrogens with one attached hydrogen (secondary N) is 1. The molecule has 0 saturated carbocycles. The Hall–Kier alpha value is -2.19. The summed E-state index contributed by atoms with van der Waals surface area (Å²) in [7, 11) is 0. The van der Waals surface area contributed by atoms with Gasteiger partial charge in [-0.25, -0.2) is 4.79 Å². The number of aromatic carboxylic acids is 1. The smallest absolute Gasteiger partial charge is 0.463 e. The van der Waals surface area contributed by atoms with Crippen molar-refractivity contribution in [3.05, 3.63) is 35.4 Å². The molecule has 1 amide bonds. The summed E-state index contributed by atoms with van der Waals surface area (Å²) in [6, 6.07) is 5.25. The lowest BCUT2D eigenvalue weighted by atomic mass is 10.1. The van der Waals surface area contributed by atoms with E-state index >= 15 is 0 Å². The summed E-state index contributed by atoms with van der Waals surface area (Å²) in [4.78, 5) is 21.4. The Morgan fingerprint density at radius 2 is 1.57 bits per heavy atom. The zero-order valence-corrected chi connectivity index (χ0v) is 10.4. The van der Waals surface area contributed by atoms with Crippen molar-refractivity contribution in [3.8, 4) is 0 Å². The van der Waals surface area contributed by atoms with Crippen molar-refractivity contribution in [3.63, 3.8) is 0 Å². The average Bonchev–Trinajstić information content (AvgIpc) is 2.37. The molecule has 4 nitrogen and oxygen atoms in total. The predicted molar refractivity (Wildman–Crippen MR) is 61.1 cm³/mol. The predicted octanol–water partition coefficient (Wildman–Crippen LogP) is 2.24. The third-order valence-electron chi connectivity index (χ3n) is 2.54. The van der Waals surface area contributed by atoms with E-state index in [4.69, 9.17) is 5.11 Å². The molecule has 1 aromatic carbocycles. The lowest BCUT2D eigenvalue weighted by Crippen LogP contribution is -2.50. The zero-order valence-electron chi connectivity index (χ0n) is 10.4. The molecule has 0 aliphatic carbocycles. The lowest BCUT2D eigenvalue weighted by molar-refractivity contribution is -0.269. The normalized spacial score (nSPS) is 12.0. The Bertz CT molecular complexity index is 525. The molecule has 0 fully saturated rings. The van der Waals surface area contributed by atoms with Crippen molar-refractivity contribution in [2.75, 3.05) is 6.54 Å². The topological polar surface area (TPSA) is 66.4 Å². The van der Waals surface area contributed by atoms with Crippen LogP contribution in [0.2, 0.25) is 0 Å². The van der Waals surface area contributed by atoms with Crippen LogP contribution in [0, 0.1) is 0 Å². The fraction of sp³-hybridized carbons (Fsp3) is 0.333. The summed E-state index contributed by atoms with van der Waals surface area (Å²) in [6.07, 6.45) is -5.96. The van der Waals surface area contributed by atoms with Gasteiger partial charge in [0.1, 0.15) is 0 Å². The number of carbonyl (C=O) groups is 2. The summed E-state index contributed by atoms with van der Waals surface area (Å²) in [5.74, 6) is -9.02. The summed E-state index contributed by atoms with van der Waals surface area (Å²) >= 11 is 0. The quantitative estimate of drug-likeness (QED) is 0.820. The van der Waals surface area contributed by atoms with Gasteiger partial charge in [0.05, 0.1) is 5.56 Å². The number of carboxylic acids is 1. The van der Waals surface area contributed by atoms with Gasteiger partial charge in [-0.3, -0.25) is 4.79 Å². The van der Waals surface area contributed by atoms with Crippen molar-refractivity contribution in [2.45, 2.75) is 18.5 Å². The van der Waals surface area contributed by atoms with E-state index in [9.17, 15) is 31.5 Å². The summed E-state index contributed by atoms with van der Waals surface area (Å²) < 4.78 is 60.8. The molecule has 1 rings (SSSR count). The van der Waals surface area contributed by atoms with Crippen LogP contribution in [0.1, 0.15) is 15.9 Å². The number of hydrogen-bond acceptors (Lipinski definition) is 2. The molecule has 0 unspecified atom stereocenters. The van der Waals surface area contributed by atoms with Crippen molar-refractivity contribution < 1.29 is 36.6 Å². The SMILES string of the molecule is O=C(O)c1ccc(CCNC(=O)C(F)(F)C(F)(F)F)cc1. The molecule has 21 heavy (non-hydrogen) atoms. The van der Waals surface area contributed by atoms with Gasteiger partial charge in [0.15, 0.2) is 0 Å². The maximum Gasteiger partial charge on any atom is 0.463 e. The van der Waals surface area contributed by atoms with Gasteiger partial charge in [-0.1, -0.05) is 12.1 Å². The minimum atomic E-state index is -5.94. The van der Waals surface area contributed by atoms with E-state index < -0.39 is 30.5 Å². The van der Waals surface area contributed by atoms with Crippen molar-refractivity contribution in [1.82, 2.24) is 5.32 Å². The molecule has 1 aromatic rings. The van der Waals surface area contributed by atoms with E-state index in [1.807, 2.05) is 0 Å². The van der Waals surface area contributed by atoms with Crippen LogP contribution in [0.5, 0.6) is 0 Å². The number of carbonyl (C=O) groups excluding carboxylic acids is 1. The first kappa shape index (κ1) is 16.9. The molecule has 0 saturated heterocycles. The highest BCUT2D eigenvalue weighted by atomic mass is 19.4. The van der Waals surface area contributed by atoms with Crippen LogP contribution >= 0.6 is 0 Å². The van der Waals surface area contributed by atoms with E-state index in [0.29, 0.717) is 5.56 Å². The monoisotopic (exact) mass is 311 g/mol. The van der Waals surface area contributed by atoms with Crippen molar-refractivity contribution in [2.24, 2.45) is 0 Å². The second-order valence-electron chi connectivity index (χ2n) is 4.08. The molecular weight excluding hydrogens is 301 g/mol. The third kappa shape index (κ3) is 4.14. The van der Waals surface area contributed by atoms with Crippen LogP contribution in [-0.2, 0) is 11.2 Å². The molecule has 0 atom stereocenters. The summed E-state index contributed by atoms with van der Waals surface area (Å²) in [5.41, 5.74) is 0.488. The number of rotatable bonds is 5. The van der Waals surface area contributed by atoms with Crippen LogP contribution in [0.3, 0.4) is 0 Å². The fourth-order valence-corrected chi connectivity index (χ4v) is 1.37. The third-order valence-corrected chi connectivity index (χ3v) is 2.54. The Balaban J connectivity index is 2.54. The molecule has 116 valence electrons. The standard InChI is InChI=1S/C12H10F5NO3/c13-11(14,12(15,16)17)10(21)18-6-5-7-1-3-8(4-2-7)9(19)20/h1-4H,5-6H2,(H,18,21)(H,19,20). The Kier molecular flexibility index (Phi) is 4.87. The van der Waals surface area contributed by atoms with Crippen LogP contribution in [-0.4, -0.2) is 35.6 Å². The maximum absolute atomic E-state index is 12.6. The number of carboxylic acid groups (broad SMARTS) is 1. The van der Waals surface area contributed by atoms with Gasteiger partial charge >= 0.3 is 18.1 Å². The second kappa shape index (κ2) is 6.06. The highest BCUT2D eigenvalue weighted by Gasteiger charge is 2.63. The Morgan fingerprint density at radius 3 is 2.00 bits per heavy atom. The molecule has 0 aliphatic heterocycles. The van der Waals surface area contributed by atoms with Crippen molar-refractivity contribution >= 4 is 11.9 Å². The average molecular weight is 311 g/mol. The van der Waals surface area contributed by atoms with Crippen LogP contribution in [0.15, 0.2) is 24.3 Å². The van der Waals surface area contributed by atoms with Gasteiger partial charge in [0.2, 0.25) is 0 Å². The highest BCUT2D eigenvalue weighted by molar-refractivity contribution is 5.87. The molecular formula is C12H10F5NO3. The lowest BCUT2D eigenvalue weighted by Gasteiger charge is -2.18. The maximum atomic E-state index is 12.6. The van der Waals surface area contributed by atoms with E-state index in [2.05, 4.69) is 0 Å². The number of hydrogen-bond donors (Lipinski definition) is 2.